The molecule has 1 N–H and O–H groups in total. The fourth-order valence-corrected chi connectivity index (χ4v) is 5.63. The van der Waals surface area contributed by atoms with E-state index < -0.39 is 28.5 Å². The monoisotopic (exact) mass is 535 g/mol. The first-order valence-electron chi connectivity index (χ1n) is 13.0. The summed E-state index contributed by atoms with van der Waals surface area (Å²) in [5.41, 5.74) is 3.19. The fourth-order valence-electron chi connectivity index (χ4n) is 4.15. The highest BCUT2D eigenvalue weighted by Crippen LogP contribution is 2.28. The largest absolute Gasteiger partial charge is 0.354 e. The second-order valence-corrected chi connectivity index (χ2v) is 11.1. The molecule has 3 aromatic carbocycles. The van der Waals surface area contributed by atoms with E-state index in [9.17, 15) is 18.0 Å². The van der Waals surface area contributed by atoms with Crippen LogP contribution >= 0.6 is 0 Å². The SMILES string of the molecule is CCCNC(=O)[C@H](C)N(Cc1ccc(C)cc1)C(=O)CN(c1ccccc1CC)S(=O)(=O)c1ccccc1. The van der Waals surface area contributed by atoms with Crippen molar-refractivity contribution in [3.8, 4) is 0 Å². The number of amides is 2. The van der Waals surface area contributed by atoms with Gasteiger partial charge >= 0.3 is 0 Å². The second-order valence-electron chi connectivity index (χ2n) is 9.28. The zero-order valence-corrected chi connectivity index (χ0v) is 23.4. The van der Waals surface area contributed by atoms with Gasteiger partial charge in [-0.2, -0.15) is 0 Å². The Morgan fingerprint density at radius 3 is 2.16 bits per heavy atom. The fraction of sp³-hybridized carbons (Fsp3) is 0.333. The molecule has 0 spiro atoms. The number of para-hydroxylation sites is 1. The molecule has 8 heteroatoms. The van der Waals surface area contributed by atoms with Crippen LogP contribution in [0.4, 0.5) is 5.69 Å². The van der Waals surface area contributed by atoms with Crippen LogP contribution in [-0.4, -0.2) is 44.3 Å². The Morgan fingerprint density at radius 2 is 1.53 bits per heavy atom. The van der Waals surface area contributed by atoms with E-state index in [1.165, 1.54) is 21.3 Å². The van der Waals surface area contributed by atoms with Gasteiger partial charge in [0.25, 0.3) is 10.0 Å². The van der Waals surface area contributed by atoms with E-state index in [0.717, 1.165) is 23.1 Å². The average molecular weight is 536 g/mol. The predicted octanol–water partition coefficient (Wildman–Crippen LogP) is 4.70. The number of carbonyl (C=O) groups is 2. The van der Waals surface area contributed by atoms with Crippen molar-refractivity contribution in [3.05, 3.63) is 95.6 Å². The highest BCUT2D eigenvalue weighted by molar-refractivity contribution is 7.92. The minimum absolute atomic E-state index is 0.0949. The van der Waals surface area contributed by atoms with Crippen molar-refractivity contribution < 1.29 is 18.0 Å². The Hall–Kier alpha value is -3.65. The first-order valence-corrected chi connectivity index (χ1v) is 14.4. The molecule has 0 aliphatic heterocycles. The van der Waals surface area contributed by atoms with Gasteiger partial charge in [-0.05, 0) is 56.0 Å². The molecule has 2 amide bonds. The van der Waals surface area contributed by atoms with Crippen LogP contribution in [0.2, 0.25) is 0 Å². The number of hydrogen-bond donors (Lipinski definition) is 1. The number of anilines is 1. The van der Waals surface area contributed by atoms with Crippen LogP contribution in [0, 0.1) is 6.92 Å². The summed E-state index contributed by atoms with van der Waals surface area (Å²) >= 11 is 0. The van der Waals surface area contributed by atoms with Gasteiger partial charge in [0.1, 0.15) is 12.6 Å². The maximum atomic E-state index is 13.9. The molecule has 7 nitrogen and oxygen atoms in total. The molecule has 0 aliphatic carbocycles. The van der Waals surface area contributed by atoms with Crippen LogP contribution < -0.4 is 9.62 Å². The number of rotatable bonds is 12. The summed E-state index contributed by atoms with van der Waals surface area (Å²) in [4.78, 5) is 28.4. The number of aryl methyl sites for hydroxylation is 2. The molecule has 0 aromatic heterocycles. The van der Waals surface area contributed by atoms with Crippen molar-refractivity contribution in [2.24, 2.45) is 0 Å². The van der Waals surface area contributed by atoms with E-state index in [4.69, 9.17) is 0 Å². The normalized spacial score (nSPS) is 12.0. The van der Waals surface area contributed by atoms with Crippen LogP contribution in [0.5, 0.6) is 0 Å². The van der Waals surface area contributed by atoms with Gasteiger partial charge in [-0.3, -0.25) is 13.9 Å². The van der Waals surface area contributed by atoms with Crippen LogP contribution in [0.15, 0.2) is 83.8 Å². The lowest BCUT2D eigenvalue weighted by Gasteiger charge is -2.32. The van der Waals surface area contributed by atoms with E-state index in [2.05, 4.69) is 5.32 Å². The first-order chi connectivity index (χ1) is 18.2. The topological polar surface area (TPSA) is 86.8 Å². The molecule has 0 heterocycles. The van der Waals surface area contributed by atoms with Crippen molar-refractivity contribution in [2.45, 2.75) is 58.0 Å². The Labute approximate surface area is 226 Å². The molecule has 0 fully saturated rings. The van der Waals surface area contributed by atoms with Crippen molar-refractivity contribution in [1.29, 1.82) is 0 Å². The number of hydrogen-bond acceptors (Lipinski definition) is 4. The summed E-state index contributed by atoms with van der Waals surface area (Å²) in [6, 6.07) is 22.2. The van der Waals surface area contributed by atoms with Crippen molar-refractivity contribution in [2.75, 3.05) is 17.4 Å². The summed E-state index contributed by atoms with van der Waals surface area (Å²) in [6.45, 7) is 7.78. The van der Waals surface area contributed by atoms with E-state index in [1.807, 2.05) is 57.2 Å². The molecule has 3 rings (SSSR count). The van der Waals surface area contributed by atoms with Crippen LogP contribution in [0.1, 0.15) is 43.9 Å². The van der Waals surface area contributed by atoms with Crippen LogP contribution in [0.25, 0.3) is 0 Å². The van der Waals surface area contributed by atoms with Gasteiger partial charge in [0.05, 0.1) is 10.6 Å². The predicted molar refractivity (Wildman–Crippen MR) is 151 cm³/mol. The summed E-state index contributed by atoms with van der Waals surface area (Å²) in [5, 5.41) is 2.86. The highest BCUT2D eigenvalue weighted by Gasteiger charge is 2.33. The molecule has 202 valence electrons. The number of carbonyl (C=O) groups excluding carboxylic acids is 2. The molecule has 38 heavy (non-hydrogen) atoms. The Kier molecular flexibility index (Phi) is 10.1. The van der Waals surface area contributed by atoms with Gasteiger partial charge < -0.3 is 10.2 Å². The molecule has 1 atom stereocenters. The summed E-state index contributed by atoms with van der Waals surface area (Å²) in [7, 11) is -4.07. The zero-order valence-electron chi connectivity index (χ0n) is 22.6. The quantitative estimate of drug-likeness (QED) is 0.364. The van der Waals surface area contributed by atoms with E-state index in [1.54, 1.807) is 37.3 Å². The average Bonchev–Trinajstić information content (AvgIpc) is 2.94. The van der Waals surface area contributed by atoms with Gasteiger partial charge in [-0.25, -0.2) is 8.42 Å². The molecule has 0 bridgehead atoms. The Balaban J connectivity index is 2.04. The maximum Gasteiger partial charge on any atom is 0.264 e. The van der Waals surface area contributed by atoms with E-state index in [0.29, 0.717) is 18.7 Å². The van der Waals surface area contributed by atoms with E-state index >= 15 is 0 Å². The zero-order chi connectivity index (χ0) is 27.7. The number of benzene rings is 3. The second kappa shape index (κ2) is 13.2. The van der Waals surface area contributed by atoms with Crippen molar-refractivity contribution in [1.82, 2.24) is 10.2 Å². The summed E-state index contributed by atoms with van der Waals surface area (Å²) < 4.78 is 28.9. The van der Waals surface area contributed by atoms with Gasteiger partial charge in [0.15, 0.2) is 0 Å². The van der Waals surface area contributed by atoms with Gasteiger partial charge in [-0.1, -0.05) is 80.1 Å². The number of nitrogens with zero attached hydrogens (tertiary/aromatic N) is 2. The molecule has 0 saturated carbocycles. The third-order valence-electron chi connectivity index (χ3n) is 6.44. The smallest absolute Gasteiger partial charge is 0.264 e. The molecule has 3 aromatic rings. The van der Waals surface area contributed by atoms with Crippen molar-refractivity contribution in [3.63, 3.8) is 0 Å². The highest BCUT2D eigenvalue weighted by atomic mass is 32.2. The lowest BCUT2D eigenvalue weighted by Crippen LogP contribution is -2.51. The standard InChI is InChI=1S/C30H37N3O4S/c1-5-20-31-30(35)24(4)32(21-25-18-16-23(3)17-19-25)29(34)22-33(28-15-11-10-12-26(28)6-2)38(36,37)27-13-8-7-9-14-27/h7-19,24H,5-6,20-22H2,1-4H3,(H,31,35)/t24-/m0/s1. The summed E-state index contributed by atoms with van der Waals surface area (Å²) in [6.07, 6.45) is 1.36. The molecular formula is C30H37N3O4S. The third kappa shape index (κ3) is 7.01. The Morgan fingerprint density at radius 1 is 0.895 bits per heavy atom. The minimum atomic E-state index is -4.07. The van der Waals surface area contributed by atoms with Crippen LogP contribution in [0.3, 0.4) is 0 Å². The van der Waals surface area contributed by atoms with Gasteiger partial charge in [0, 0.05) is 13.1 Å². The molecule has 0 radical (unpaired) electrons. The van der Waals surface area contributed by atoms with Crippen molar-refractivity contribution >= 4 is 27.5 Å². The lowest BCUT2D eigenvalue weighted by atomic mass is 10.1. The first kappa shape index (κ1) is 28.9. The molecular weight excluding hydrogens is 498 g/mol. The lowest BCUT2D eigenvalue weighted by molar-refractivity contribution is -0.139. The van der Waals surface area contributed by atoms with Crippen LogP contribution in [-0.2, 0) is 32.6 Å². The molecule has 0 aliphatic rings. The minimum Gasteiger partial charge on any atom is -0.354 e. The van der Waals surface area contributed by atoms with Gasteiger partial charge in [-0.15, -0.1) is 0 Å². The summed E-state index contributed by atoms with van der Waals surface area (Å²) in [5.74, 6) is -0.742. The molecule has 0 saturated heterocycles. The molecule has 0 unspecified atom stereocenters. The van der Waals surface area contributed by atoms with E-state index in [-0.39, 0.29) is 17.3 Å². The number of sulfonamides is 1. The van der Waals surface area contributed by atoms with Gasteiger partial charge in [0.2, 0.25) is 11.8 Å². The number of nitrogens with one attached hydrogen (secondary N) is 1. The third-order valence-corrected chi connectivity index (χ3v) is 8.22. The maximum absolute atomic E-state index is 13.9. The Bertz CT molecular complexity index is 1330.